The normalized spacial score (nSPS) is 17.1. The fourth-order valence-corrected chi connectivity index (χ4v) is 2.43. The maximum absolute atomic E-state index is 10.7. The van der Waals surface area contributed by atoms with Crippen molar-refractivity contribution in [3.8, 4) is 0 Å². The topological polar surface area (TPSA) is 69.2 Å². The van der Waals surface area contributed by atoms with E-state index in [4.69, 9.17) is 17.3 Å². The molecule has 1 aliphatic carbocycles. The van der Waals surface area contributed by atoms with E-state index in [0.29, 0.717) is 11.6 Å². The molecule has 1 fully saturated rings. The van der Waals surface area contributed by atoms with E-state index in [1.165, 1.54) is 6.07 Å². The molecule has 0 spiro atoms. The average Bonchev–Trinajstić information content (AvgIpc) is 2.99. The van der Waals surface area contributed by atoms with Crippen LogP contribution in [0.3, 0.4) is 0 Å². The molecule has 0 unspecified atom stereocenters. The molecule has 0 aromatic heterocycles. The van der Waals surface area contributed by atoms with Gasteiger partial charge in [0.25, 0.3) is 5.69 Å². The van der Waals surface area contributed by atoms with Gasteiger partial charge in [0.2, 0.25) is 0 Å². The third-order valence-electron chi connectivity index (χ3n) is 3.21. The van der Waals surface area contributed by atoms with Gasteiger partial charge in [-0.15, -0.1) is 0 Å². The SMILES string of the molecule is NCCC1(c2cc([N+](=O)[O-])ccc2Cl)CC1. The molecule has 16 heavy (non-hydrogen) atoms. The second kappa shape index (κ2) is 4.03. The Morgan fingerprint density at radius 2 is 2.19 bits per heavy atom. The first kappa shape index (κ1) is 11.4. The van der Waals surface area contributed by atoms with Gasteiger partial charge in [-0.3, -0.25) is 10.1 Å². The van der Waals surface area contributed by atoms with Crippen molar-refractivity contribution in [1.29, 1.82) is 0 Å². The van der Waals surface area contributed by atoms with Crippen molar-refractivity contribution in [2.45, 2.75) is 24.7 Å². The number of nitrogens with zero attached hydrogens (tertiary/aromatic N) is 1. The molecule has 0 radical (unpaired) electrons. The molecule has 5 heteroatoms. The first-order valence-corrected chi connectivity index (χ1v) is 5.61. The maximum atomic E-state index is 10.7. The summed E-state index contributed by atoms with van der Waals surface area (Å²) in [5.74, 6) is 0. The standard InChI is InChI=1S/C11H13ClN2O2/c12-10-2-1-8(14(15)16)7-9(10)11(3-4-11)5-6-13/h1-2,7H,3-6,13H2. The molecule has 0 bridgehead atoms. The Kier molecular flexibility index (Phi) is 2.86. The van der Waals surface area contributed by atoms with Gasteiger partial charge in [0.1, 0.15) is 0 Å². The molecule has 1 aromatic rings. The summed E-state index contributed by atoms with van der Waals surface area (Å²) in [6.45, 7) is 0.582. The van der Waals surface area contributed by atoms with Gasteiger partial charge < -0.3 is 5.73 Å². The van der Waals surface area contributed by atoms with Crippen LogP contribution in [-0.4, -0.2) is 11.5 Å². The second-order valence-corrected chi connectivity index (χ2v) is 4.65. The Morgan fingerprint density at radius 1 is 1.50 bits per heavy atom. The van der Waals surface area contributed by atoms with Crippen molar-refractivity contribution < 1.29 is 4.92 Å². The van der Waals surface area contributed by atoms with Crippen LogP contribution in [0, 0.1) is 10.1 Å². The largest absolute Gasteiger partial charge is 0.330 e. The Balaban J connectivity index is 2.40. The molecular formula is C11H13ClN2O2. The molecule has 2 N–H and O–H groups in total. The van der Waals surface area contributed by atoms with Crippen LogP contribution in [0.1, 0.15) is 24.8 Å². The number of nitro benzene ring substituents is 1. The van der Waals surface area contributed by atoms with Crippen LogP contribution in [0.15, 0.2) is 18.2 Å². The summed E-state index contributed by atoms with van der Waals surface area (Å²) < 4.78 is 0. The molecule has 1 aliphatic rings. The highest BCUT2D eigenvalue weighted by Gasteiger charge is 2.45. The number of halogens is 1. The number of nitro groups is 1. The van der Waals surface area contributed by atoms with Gasteiger partial charge in [-0.05, 0) is 42.9 Å². The minimum Gasteiger partial charge on any atom is -0.330 e. The van der Waals surface area contributed by atoms with Crippen molar-refractivity contribution >= 4 is 17.3 Å². The van der Waals surface area contributed by atoms with E-state index in [2.05, 4.69) is 0 Å². The Morgan fingerprint density at radius 3 is 2.69 bits per heavy atom. The van der Waals surface area contributed by atoms with E-state index in [1.54, 1.807) is 12.1 Å². The molecular weight excluding hydrogens is 228 g/mol. The number of hydrogen-bond donors (Lipinski definition) is 1. The molecule has 0 heterocycles. The van der Waals surface area contributed by atoms with Gasteiger partial charge in [-0.25, -0.2) is 0 Å². The molecule has 0 saturated heterocycles. The summed E-state index contributed by atoms with van der Waals surface area (Å²) in [5, 5.41) is 11.3. The summed E-state index contributed by atoms with van der Waals surface area (Å²) in [5.41, 5.74) is 6.54. The Labute approximate surface area is 98.5 Å². The van der Waals surface area contributed by atoms with Crippen LogP contribution in [0.5, 0.6) is 0 Å². The monoisotopic (exact) mass is 240 g/mol. The lowest BCUT2D eigenvalue weighted by atomic mass is 9.92. The fraction of sp³-hybridized carbons (Fsp3) is 0.455. The van der Waals surface area contributed by atoms with E-state index in [-0.39, 0.29) is 11.1 Å². The lowest BCUT2D eigenvalue weighted by molar-refractivity contribution is -0.384. The van der Waals surface area contributed by atoms with Crippen LogP contribution in [0.4, 0.5) is 5.69 Å². The van der Waals surface area contributed by atoms with Gasteiger partial charge >= 0.3 is 0 Å². The van der Waals surface area contributed by atoms with Crippen molar-refractivity contribution in [2.24, 2.45) is 5.73 Å². The van der Waals surface area contributed by atoms with E-state index >= 15 is 0 Å². The van der Waals surface area contributed by atoms with Crippen LogP contribution >= 0.6 is 11.6 Å². The summed E-state index contributed by atoms with van der Waals surface area (Å²) in [6.07, 6.45) is 2.88. The lowest BCUT2D eigenvalue weighted by Gasteiger charge is -2.15. The van der Waals surface area contributed by atoms with Gasteiger partial charge in [0, 0.05) is 17.2 Å². The van der Waals surface area contributed by atoms with Gasteiger partial charge in [0.15, 0.2) is 0 Å². The maximum Gasteiger partial charge on any atom is 0.269 e. The van der Waals surface area contributed by atoms with Gasteiger partial charge in [0.05, 0.1) is 4.92 Å². The lowest BCUT2D eigenvalue weighted by Crippen LogP contribution is -2.14. The van der Waals surface area contributed by atoms with Crippen molar-refractivity contribution in [3.05, 3.63) is 38.9 Å². The molecule has 0 amide bonds. The van der Waals surface area contributed by atoms with E-state index in [0.717, 1.165) is 24.8 Å². The summed E-state index contributed by atoms with van der Waals surface area (Å²) in [6, 6.07) is 4.63. The Bertz CT molecular complexity index is 430. The molecule has 4 nitrogen and oxygen atoms in total. The number of hydrogen-bond acceptors (Lipinski definition) is 3. The second-order valence-electron chi connectivity index (χ2n) is 4.24. The van der Waals surface area contributed by atoms with Crippen LogP contribution in [0.25, 0.3) is 0 Å². The molecule has 0 aliphatic heterocycles. The number of rotatable bonds is 4. The highest BCUT2D eigenvalue weighted by Crippen LogP contribution is 2.53. The molecule has 2 rings (SSSR count). The molecule has 1 saturated carbocycles. The van der Waals surface area contributed by atoms with Crippen molar-refractivity contribution in [3.63, 3.8) is 0 Å². The predicted octanol–water partition coefficient (Wildman–Crippen LogP) is 2.63. The highest BCUT2D eigenvalue weighted by atomic mass is 35.5. The molecule has 0 atom stereocenters. The summed E-state index contributed by atoms with van der Waals surface area (Å²) in [4.78, 5) is 10.3. The zero-order valence-electron chi connectivity index (χ0n) is 8.78. The van der Waals surface area contributed by atoms with Crippen LogP contribution in [0.2, 0.25) is 5.02 Å². The first-order valence-electron chi connectivity index (χ1n) is 5.23. The summed E-state index contributed by atoms with van der Waals surface area (Å²) >= 11 is 6.10. The van der Waals surface area contributed by atoms with Crippen LogP contribution in [-0.2, 0) is 5.41 Å². The highest BCUT2D eigenvalue weighted by molar-refractivity contribution is 6.31. The minimum atomic E-state index is -0.391. The minimum absolute atomic E-state index is 0.00213. The quantitative estimate of drug-likeness (QED) is 0.650. The third-order valence-corrected chi connectivity index (χ3v) is 3.54. The smallest absolute Gasteiger partial charge is 0.269 e. The predicted molar refractivity (Wildman–Crippen MR) is 62.7 cm³/mol. The van der Waals surface area contributed by atoms with Gasteiger partial charge in [-0.1, -0.05) is 11.6 Å². The van der Waals surface area contributed by atoms with Crippen LogP contribution < -0.4 is 5.73 Å². The number of non-ortho nitro benzene ring substituents is 1. The zero-order chi connectivity index (χ0) is 11.8. The fourth-order valence-electron chi connectivity index (χ4n) is 2.11. The first-order chi connectivity index (χ1) is 7.59. The third kappa shape index (κ3) is 1.90. The average molecular weight is 241 g/mol. The van der Waals surface area contributed by atoms with E-state index < -0.39 is 4.92 Å². The van der Waals surface area contributed by atoms with Crippen molar-refractivity contribution in [1.82, 2.24) is 0 Å². The van der Waals surface area contributed by atoms with E-state index in [9.17, 15) is 10.1 Å². The molecule has 1 aromatic carbocycles. The van der Waals surface area contributed by atoms with Gasteiger partial charge in [-0.2, -0.15) is 0 Å². The number of nitrogens with two attached hydrogens (primary N) is 1. The van der Waals surface area contributed by atoms with Crippen molar-refractivity contribution in [2.75, 3.05) is 6.54 Å². The molecule has 86 valence electrons. The number of benzene rings is 1. The summed E-state index contributed by atoms with van der Waals surface area (Å²) in [7, 11) is 0. The zero-order valence-corrected chi connectivity index (χ0v) is 9.54. The van der Waals surface area contributed by atoms with E-state index in [1.807, 2.05) is 0 Å². The Hall–Kier alpha value is -1.13.